The van der Waals surface area contributed by atoms with Crippen LogP contribution in [0.3, 0.4) is 0 Å². The van der Waals surface area contributed by atoms with Crippen LogP contribution in [0.1, 0.15) is 53.2 Å². The summed E-state index contributed by atoms with van der Waals surface area (Å²) in [6.45, 7) is 4.34. The van der Waals surface area contributed by atoms with Crippen LogP contribution >= 0.6 is 0 Å². The number of rotatable bonds is 4. The fourth-order valence-electron chi connectivity index (χ4n) is 4.05. The van der Waals surface area contributed by atoms with E-state index in [1.165, 1.54) is 31.2 Å². The molecule has 0 aliphatic carbocycles. The summed E-state index contributed by atoms with van der Waals surface area (Å²) in [4.78, 5) is 19.5. The van der Waals surface area contributed by atoms with Gasteiger partial charge in [-0.3, -0.25) is 0 Å². The maximum Gasteiger partial charge on any atom is 0.429 e. The maximum atomic E-state index is 13.6. The summed E-state index contributed by atoms with van der Waals surface area (Å²) >= 11 is 0. The van der Waals surface area contributed by atoms with Gasteiger partial charge in [0.2, 0.25) is 0 Å². The first-order valence-electron chi connectivity index (χ1n) is 11.2. The molecular weight excluding hydrogens is 495 g/mol. The van der Waals surface area contributed by atoms with Crippen LogP contribution in [-0.4, -0.2) is 42.7 Å². The predicted molar refractivity (Wildman–Crippen MR) is 117 cm³/mol. The summed E-state index contributed by atoms with van der Waals surface area (Å²) in [7, 11) is 1.23. The lowest BCUT2D eigenvalue weighted by atomic mass is 9.98. The van der Waals surface area contributed by atoms with Crippen molar-refractivity contribution in [2.45, 2.75) is 44.7 Å². The van der Waals surface area contributed by atoms with Gasteiger partial charge >= 0.3 is 18.4 Å². The molecule has 12 heteroatoms. The third kappa shape index (κ3) is 6.47. The second-order valence-corrected chi connectivity index (χ2v) is 8.68. The van der Waals surface area contributed by atoms with Gasteiger partial charge in [-0.25, -0.2) is 9.18 Å². The Kier molecular flexibility index (Phi) is 8.19. The van der Waals surface area contributed by atoms with E-state index in [0.29, 0.717) is 37.2 Å². The van der Waals surface area contributed by atoms with Crippen molar-refractivity contribution in [3.63, 3.8) is 0 Å². The Morgan fingerprint density at radius 2 is 1.67 bits per heavy atom. The lowest BCUT2D eigenvalue weighted by molar-refractivity contribution is -0.143. The van der Waals surface area contributed by atoms with Gasteiger partial charge in [0, 0.05) is 20.1 Å². The second-order valence-electron chi connectivity index (χ2n) is 8.68. The molecule has 0 unspecified atom stereocenters. The van der Waals surface area contributed by atoms with Gasteiger partial charge in [-0.05, 0) is 73.8 Å². The number of nitrogens with zero attached hydrogens (tertiary/aromatic N) is 2. The lowest BCUT2D eigenvalue weighted by Gasteiger charge is -2.32. The SMILES string of the molecule is Cc1cc(F)ccc1[C@H]1CCNCCN1OC(=O)N(C)[C@@H](C)c1cc(C(F)(F)F)cc(C(F)(F)F)c1. The van der Waals surface area contributed by atoms with Crippen molar-refractivity contribution in [3.8, 4) is 0 Å². The van der Waals surface area contributed by atoms with E-state index in [-0.39, 0.29) is 18.2 Å². The molecule has 1 saturated heterocycles. The molecule has 2 aromatic rings. The quantitative estimate of drug-likeness (QED) is 0.483. The van der Waals surface area contributed by atoms with E-state index < -0.39 is 47.5 Å². The van der Waals surface area contributed by atoms with Crippen LogP contribution in [0.2, 0.25) is 0 Å². The lowest BCUT2D eigenvalue weighted by Crippen LogP contribution is -2.39. The molecule has 0 radical (unpaired) electrons. The van der Waals surface area contributed by atoms with E-state index in [0.717, 1.165) is 10.5 Å². The van der Waals surface area contributed by atoms with E-state index in [9.17, 15) is 35.5 Å². The van der Waals surface area contributed by atoms with Gasteiger partial charge in [-0.15, -0.1) is 5.06 Å². The molecule has 3 rings (SSSR count). The molecule has 1 amide bonds. The highest BCUT2D eigenvalue weighted by Crippen LogP contribution is 2.38. The minimum absolute atomic E-state index is 0.0361. The fraction of sp³-hybridized carbons (Fsp3) is 0.458. The number of hydrogen-bond donors (Lipinski definition) is 1. The Morgan fingerprint density at radius 3 is 2.22 bits per heavy atom. The molecule has 5 nitrogen and oxygen atoms in total. The largest absolute Gasteiger partial charge is 0.429 e. The normalized spacial score (nSPS) is 18.4. The number of aryl methyl sites for hydroxylation is 1. The minimum Gasteiger partial charge on any atom is -0.350 e. The Balaban J connectivity index is 1.86. The van der Waals surface area contributed by atoms with Crippen LogP contribution < -0.4 is 5.32 Å². The molecule has 1 fully saturated rings. The van der Waals surface area contributed by atoms with Crippen LogP contribution in [0.15, 0.2) is 36.4 Å². The Labute approximate surface area is 203 Å². The van der Waals surface area contributed by atoms with Gasteiger partial charge in [0.25, 0.3) is 0 Å². The van der Waals surface area contributed by atoms with Gasteiger partial charge < -0.3 is 15.1 Å². The fourth-order valence-corrected chi connectivity index (χ4v) is 4.05. The summed E-state index contributed by atoms with van der Waals surface area (Å²) in [5, 5.41) is 4.57. The van der Waals surface area contributed by atoms with Gasteiger partial charge in [0.1, 0.15) is 5.82 Å². The monoisotopic (exact) mass is 521 g/mol. The average Bonchev–Trinajstić information content (AvgIpc) is 3.02. The van der Waals surface area contributed by atoms with Crippen molar-refractivity contribution in [3.05, 3.63) is 70.0 Å². The van der Waals surface area contributed by atoms with E-state index >= 15 is 0 Å². The van der Waals surface area contributed by atoms with E-state index in [1.807, 2.05) is 0 Å². The van der Waals surface area contributed by atoms with Gasteiger partial charge in [0.05, 0.1) is 23.2 Å². The van der Waals surface area contributed by atoms with Crippen molar-refractivity contribution in [2.24, 2.45) is 0 Å². The standard InChI is InChI=1S/C24H26F7N3O2/c1-14-10-19(25)4-5-20(14)21-6-7-32-8-9-34(21)36-22(35)33(3)15(2)16-11-17(23(26,27)28)13-18(12-16)24(29,30)31/h4-5,10-13,15,21,32H,6-9H2,1-3H3/t15-,21+/m0/s1. The summed E-state index contributed by atoms with van der Waals surface area (Å²) in [6.07, 6.45) is -10.5. The number of amides is 1. The third-order valence-corrected chi connectivity index (χ3v) is 6.20. The summed E-state index contributed by atoms with van der Waals surface area (Å²) in [5.74, 6) is -0.417. The number of nitrogens with one attached hydrogen (secondary N) is 1. The highest BCUT2D eigenvalue weighted by molar-refractivity contribution is 5.67. The smallest absolute Gasteiger partial charge is 0.350 e. The molecule has 0 bridgehead atoms. The number of alkyl halides is 6. The van der Waals surface area contributed by atoms with Crippen molar-refractivity contribution >= 4 is 6.09 Å². The van der Waals surface area contributed by atoms with Crippen LogP contribution in [0.25, 0.3) is 0 Å². The highest BCUT2D eigenvalue weighted by Gasteiger charge is 2.38. The first-order chi connectivity index (χ1) is 16.7. The van der Waals surface area contributed by atoms with E-state index in [2.05, 4.69) is 5.32 Å². The van der Waals surface area contributed by atoms with Crippen molar-refractivity contribution in [1.82, 2.24) is 15.3 Å². The summed E-state index contributed by atoms with van der Waals surface area (Å²) < 4.78 is 93.2. The second kappa shape index (κ2) is 10.6. The zero-order valence-electron chi connectivity index (χ0n) is 19.8. The van der Waals surface area contributed by atoms with Crippen molar-refractivity contribution < 1.29 is 40.4 Å². The zero-order valence-corrected chi connectivity index (χ0v) is 19.8. The van der Waals surface area contributed by atoms with Gasteiger partial charge in [0.15, 0.2) is 0 Å². The molecule has 198 valence electrons. The number of hydroxylamine groups is 2. The number of hydrogen-bond acceptors (Lipinski definition) is 4. The molecule has 2 aromatic carbocycles. The molecule has 1 aliphatic heterocycles. The van der Waals surface area contributed by atoms with Crippen molar-refractivity contribution in [2.75, 3.05) is 26.7 Å². The Morgan fingerprint density at radius 1 is 1.06 bits per heavy atom. The molecule has 0 aromatic heterocycles. The first kappa shape index (κ1) is 27.7. The van der Waals surface area contributed by atoms with Crippen molar-refractivity contribution in [1.29, 1.82) is 0 Å². The Bertz CT molecular complexity index is 1060. The zero-order chi connectivity index (χ0) is 26.8. The van der Waals surface area contributed by atoms with Crippen LogP contribution in [0, 0.1) is 12.7 Å². The molecule has 1 aliphatic rings. The molecule has 0 saturated carbocycles. The van der Waals surface area contributed by atoms with E-state index in [4.69, 9.17) is 4.84 Å². The van der Waals surface area contributed by atoms with Crippen LogP contribution in [0.5, 0.6) is 0 Å². The summed E-state index contributed by atoms with van der Waals surface area (Å²) in [5.41, 5.74) is -1.90. The minimum atomic E-state index is -5.01. The summed E-state index contributed by atoms with van der Waals surface area (Å²) in [6, 6.07) is 3.85. The Hall–Kier alpha value is -2.86. The average molecular weight is 521 g/mol. The molecule has 36 heavy (non-hydrogen) atoms. The van der Waals surface area contributed by atoms with Gasteiger partial charge in [-0.2, -0.15) is 26.3 Å². The molecule has 1 N–H and O–H groups in total. The molecular formula is C24H26F7N3O2. The molecule has 1 heterocycles. The van der Waals surface area contributed by atoms with Gasteiger partial charge in [-0.1, -0.05) is 6.07 Å². The topological polar surface area (TPSA) is 44.8 Å². The molecule has 2 atom stereocenters. The first-order valence-corrected chi connectivity index (χ1v) is 11.2. The number of halogens is 7. The van der Waals surface area contributed by atoms with E-state index in [1.54, 1.807) is 13.0 Å². The third-order valence-electron chi connectivity index (χ3n) is 6.20. The van der Waals surface area contributed by atoms with Crippen LogP contribution in [-0.2, 0) is 17.2 Å². The number of carbonyl (C=O) groups is 1. The number of carbonyl (C=O) groups excluding carboxylic acids is 1. The maximum absolute atomic E-state index is 13.6. The van der Waals surface area contributed by atoms with Crippen LogP contribution in [0.4, 0.5) is 35.5 Å². The highest BCUT2D eigenvalue weighted by atomic mass is 19.4. The predicted octanol–water partition coefficient (Wildman–Crippen LogP) is 6.25. The number of benzene rings is 2. The molecule has 0 spiro atoms.